The van der Waals surface area contributed by atoms with Crippen molar-refractivity contribution < 1.29 is 0 Å². The summed E-state index contributed by atoms with van der Waals surface area (Å²) in [6.07, 6.45) is 0. The van der Waals surface area contributed by atoms with E-state index in [4.69, 9.17) is 11.5 Å². The van der Waals surface area contributed by atoms with Crippen molar-refractivity contribution in [1.29, 1.82) is 0 Å². The molecule has 96 valence electrons. The van der Waals surface area contributed by atoms with Crippen molar-refractivity contribution >= 4 is 52.4 Å². The second kappa shape index (κ2) is 7.62. The first-order valence-corrected chi connectivity index (χ1v) is 4.74. The van der Waals surface area contributed by atoms with E-state index in [9.17, 15) is 0 Å². The van der Waals surface area contributed by atoms with Gasteiger partial charge in [0.1, 0.15) is 11.5 Å². The Morgan fingerprint density at radius 1 is 0.889 bits per heavy atom. The first-order valence-electron chi connectivity index (χ1n) is 4.74. The number of pyridine rings is 1. The number of nitrogen functional groups attached to an aromatic ring is 2. The molecule has 0 atom stereocenters. The van der Waals surface area contributed by atoms with Crippen LogP contribution in [-0.2, 0) is 0 Å². The van der Waals surface area contributed by atoms with Gasteiger partial charge in [-0.15, -0.1) is 34.5 Å². The van der Waals surface area contributed by atoms with E-state index in [1.165, 1.54) is 0 Å². The molecule has 0 aliphatic rings. The van der Waals surface area contributed by atoms with Gasteiger partial charge in [0.05, 0.1) is 5.69 Å². The SMILES string of the molecule is Br.Cl.Nc1ccc(N=Nc2ccccc2)c(N)n1. The van der Waals surface area contributed by atoms with Crippen LogP contribution in [0.2, 0.25) is 0 Å². The van der Waals surface area contributed by atoms with E-state index in [1.54, 1.807) is 12.1 Å². The van der Waals surface area contributed by atoms with Gasteiger partial charge in [-0.3, -0.25) is 0 Å². The first-order chi connectivity index (χ1) is 7.75. The third-order valence-electron chi connectivity index (χ3n) is 1.95. The zero-order valence-electron chi connectivity index (χ0n) is 9.35. The quantitative estimate of drug-likeness (QED) is 0.823. The van der Waals surface area contributed by atoms with Gasteiger partial charge in [0.2, 0.25) is 0 Å². The highest BCUT2D eigenvalue weighted by Crippen LogP contribution is 2.23. The van der Waals surface area contributed by atoms with Crippen LogP contribution >= 0.6 is 29.4 Å². The molecule has 0 saturated carbocycles. The molecule has 2 rings (SSSR count). The highest BCUT2D eigenvalue weighted by atomic mass is 79.9. The van der Waals surface area contributed by atoms with E-state index in [0.717, 1.165) is 5.69 Å². The summed E-state index contributed by atoms with van der Waals surface area (Å²) in [7, 11) is 0. The molecule has 0 saturated heterocycles. The Labute approximate surface area is 122 Å². The van der Waals surface area contributed by atoms with E-state index in [0.29, 0.717) is 11.5 Å². The summed E-state index contributed by atoms with van der Waals surface area (Å²) in [6.45, 7) is 0. The van der Waals surface area contributed by atoms with Crippen LogP contribution < -0.4 is 11.5 Å². The van der Waals surface area contributed by atoms with Gasteiger partial charge in [0, 0.05) is 0 Å². The molecule has 0 aliphatic carbocycles. The van der Waals surface area contributed by atoms with Crippen LogP contribution in [0.15, 0.2) is 52.7 Å². The summed E-state index contributed by atoms with van der Waals surface area (Å²) in [5, 5.41) is 8.03. The van der Waals surface area contributed by atoms with E-state index < -0.39 is 0 Å². The van der Waals surface area contributed by atoms with Crippen molar-refractivity contribution in [3.8, 4) is 0 Å². The van der Waals surface area contributed by atoms with Crippen molar-refractivity contribution in [2.24, 2.45) is 10.2 Å². The van der Waals surface area contributed by atoms with Crippen molar-refractivity contribution in [2.75, 3.05) is 11.5 Å². The number of azo groups is 1. The van der Waals surface area contributed by atoms with Gasteiger partial charge in [-0.1, -0.05) is 18.2 Å². The molecule has 2 aromatic rings. The maximum absolute atomic E-state index is 5.64. The molecule has 0 bridgehead atoms. The standard InChI is InChI=1S/C11H11N5.BrH.ClH/c12-10-7-6-9(11(13)14-10)16-15-8-4-2-1-3-5-8;;/h1-7H,(H4,12,13,14);2*1H. The number of aromatic nitrogens is 1. The lowest BCUT2D eigenvalue weighted by atomic mass is 10.3. The molecule has 1 heterocycles. The lowest BCUT2D eigenvalue weighted by Gasteiger charge is -1.98. The Bertz CT molecular complexity index is 518. The van der Waals surface area contributed by atoms with Crippen LogP contribution in [0.4, 0.5) is 23.0 Å². The number of hydrogen-bond acceptors (Lipinski definition) is 5. The fraction of sp³-hybridized carbons (Fsp3) is 0. The minimum absolute atomic E-state index is 0. The average molecular weight is 331 g/mol. The van der Waals surface area contributed by atoms with Crippen molar-refractivity contribution in [3.05, 3.63) is 42.5 Å². The number of rotatable bonds is 2. The van der Waals surface area contributed by atoms with Gasteiger partial charge in [-0.2, -0.15) is 5.11 Å². The number of nitrogens with two attached hydrogens (primary N) is 2. The van der Waals surface area contributed by atoms with E-state index in [1.807, 2.05) is 30.3 Å². The van der Waals surface area contributed by atoms with Crippen LogP contribution in [0.25, 0.3) is 0 Å². The molecular weight excluding hydrogens is 318 g/mol. The number of benzene rings is 1. The summed E-state index contributed by atoms with van der Waals surface area (Å²) in [5.41, 5.74) is 12.4. The number of hydrogen-bond donors (Lipinski definition) is 2. The predicted molar refractivity (Wildman–Crippen MR) is 81.2 cm³/mol. The Balaban J connectivity index is 0.00000144. The molecule has 0 radical (unpaired) electrons. The van der Waals surface area contributed by atoms with E-state index >= 15 is 0 Å². The van der Waals surface area contributed by atoms with Gasteiger partial charge in [0.15, 0.2) is 5.82 Å². The molecule has 4 N–H and O–H groups in total. The summed E-state index contributed by atoms with van der Waals surface area (Å²) in [5.74, 6) is 0.649. The highest BCUT2D eigenvalue weighted by Gasteiger charge is 1.98. The Morgan fingerprint density at radius 2 is 1.56 bits per heavy atom. The molecule has 18 heavy (non-hydrogen) atoms. The molecule has 1 aromatic heterocycles. The number of nitrogens with zero attached hydrogens (tertiary/aromatic N) is 3. The molecule has 0 aliphatic heterocycles. The molecule has 0 amide bonds. The minimum atomic E-state index is 0. The molecule has 7 heteroatoms. The average Bonchev–Trinajstić information content (AvgIpc) is 2.29. The van der Waals surface area contributed by atoms with E-state index in [2.05, 4.69) is 15.2 Å². The van der Waals surface area contributed by atoms with Crippen LogP contribution in [0, 0.1) is 0 Å². The maximum atomic E-state index is 5.64. The second-order valence-electron chi connectivity index (χ2n) is 3.18. The monoisotopic (exact) mass is 329 g/mol. The molecule has 1 aromatic carbocycles. The van der Waals surface area contributed by atoms with Gasteiger partial charge in [-0.25, -0.2) is 4.98 Å². The Hall–Kier alpha value is -1.66. The fourth-order valence-electron chi connectivity index (χ4n) is 1.17. The summed E-state index contributed by atoms with van der Waals surface area (Å²) >= 11 is 0. The largest absolute Gasteiger partial charge is 0.384 e. The van der Waals surface area contributed by atoms with Crippen LogP contribution in [-0.4, -0.2) is 4.98 Å². The molecule has 0 fully saturated rings. The Kier molecular flexibility index (Phi) is 6.92. The van der Waals surface area contributed by atoms with Gasteiger partial charge in [0.25, 0.3) is 0 Å². The van der Waals surface area contributed by atoms with Crippen molar-refractivity contribution in [3.63, 3.8) is 0 Å². The third-order valence-corrected chi connectivity index (χ3v) is 1.95. The zero-order valence-corrected chi connectivity index (χ0v) is 11.9. The Morgan fingerprint density at radius 3 is 2.17 bits per heavy atom. The molecule has 0 unspecified atom stereocenters. The van der Waals surface area contributed by atoms with Crippen molar-refractivity contribution in [1.82, 2.24) is 4.98 Å². The fourth-order valence-corrected chi connectivity index (χ4v) is 1.17. The predicted octanol–water partition coefficient (Wildman–Crippen LogP) is 3.66. The maximum Gasteiger partial charge on any atom is 0.153 e. The number of halogens is 2. The van der Waals surface area contributed by atoms with Crippen LogP contribution in [0.1, 0.15) is 0 Å². The van der Waals surface area contributed by atoms with Gasteiger partial charge >= 0.3 is 0 Å². The van der Waals surface area contributed by atoms with E-state index in [-0.39, 0.29) is 35.2 Å². The summed E-state index contributed by atoms with van der Waals surface area (Å²) in [4.78, 5) is 3.89. The third kappa shape index (κ3) is 4.31. The molecular formula is C11H13BrClN5. The summed E-state index contributed by atoms with van der Waals surface area (Å²) < 4.78 is 0. The first kappa shape index (κ1) is 16.3. The molecule has 5 nitrogen and oxygen atoms in total. The van der Waals surface area contributed by atoms with Crippen molar-refractivity contribution in [2.45, 2.75) is 0 Å². The topological polar surface area (TPSA) is 89.6 Å². The smallest absolute Gasteiger partial charge is 0.153 e. The lowest BCUT2D eigenvalue weighted by Crippen LogP contribution is -1.95. The summed E-state index contributed by atoms with van der Waals surface area (Å²) in [6, 6.07) is 12.7. The normalized spacial score (nSPS) is 9.56. The highest BCUT2D eigenvalue weighted by molar-refractivity contribution is 8.93. The van der Waals surface area contributed by atoms with Crippen LogP contribution in [0.5, 0.6) is 0 Å². The molecule has 0 spiro atoms. The zero-order chi connectivity index (χ0) is 11.4. The lowest BCUT2D eigenvalue weighted by molar-refractivity contribution is 1.21. The number of anilines is 2. The van der Waals surface area contributed by atoms with Gasteiger partial charge < -0.3 is 11.5 Å². The van der Waals surface area contributed by atoms with Crippen LogP contribution in [0.3, 0.4) is 0 Å². The van der Waals surface area contributed by atoms with Gasteiger partial charge in [-0.05, 0) is 24.3 Å². The minimum Gasteiger partial charge on any atom is -0.384 e. The second-order valence-corrected chi connectivity index (χ2v) is 3.18.